The molecule has 0 fully saturated rings. The minimum atomic E-state index is 0.269. The Morgan fingerprint density at radius 3 is 3.00 bits per heavy atom. The molecule has 0 saturated carbocycles. The van der Waals surface area contributed by atoms with Crippen LogP contribution in [0.25, 0.3) is 0 Å². The van der Waals surface area contributed by atoms with E-state index in [0.29, 0.717) is 6.42 Å². The average molecular weight is 235 g/mol. The lowest BCUT2D eigenvalue weighted by Crippen LogP contribution is -2.31. The predicted molar refractivity (Wildman–Crippen MR) is 69.0 cm³/mol. The van der Waals surface area contributed by atoms with E-state index in [1.54, 1.807) is 11.8 Å². The summed E-state index contributed by atoms with van der Waals surface area (Å²) < 4.78 is 0. The van der Waals surface area contributed by atoms with Crippen LogP contribution < -0.4 is 4.90 Å². The molecule has 0 aromatic heterocycles. The molecular weight excluding hydrogens is 218 g/mol. The van der Waals surface area contributed by atoms with Gasteiger partial charge in [-0.1, -0.05) is 25.5 Å². The van der Waals surface area contributed by atoms with E-state index in [0.717, 1.165) is 30.8 Å². The van der Waals surface area contributed by atoms with E-state index in [1.165, 1.54) is 4.90 Å². The minimum absolute atomic E-state index is 0.269. The summed E-state index contributed by atoms with van der Waals surface area (Å²) in [7, 11) is 0. The number of fused-ring (bicyclic) bond motifs is 1. The van der Waals surface area contributed by atoms with Gasteiger partial charge in [-0.15, -0.1) is 11.8 Å². The Balaban J connectivity index is 2.28. The van der Waals surface area contributed by atoms with Crippen molar-refractivity contribution in [2.24, 2.45) is 0 Å². The monoisotopic (exact) mass is 235 g/mol. The van der Waals surface area contributed by atoms with E-state index in [2.05, 4.69) is 19.1 Å². The smallest absolute Gasteiger partial charge is 0.227 e. The van der Waals surface area contributed by atoms with Crippen molar-refractivity contribution >= 4 is 23.4 Å². The van der Waals surface area contributed by atoms with Crippen molar-refractivity contribution in [3.05, 3.63) is 24.3 Å². The first-order valence-electron chi connectivity index (χ1n) is 5.85. The number of hydrogen-bond donors (Lipinski definition) is 0. The lowest BCUT2D eigenvalue weighted by Gasteiger charge is -2.22. The normalized spacial score (nSPS) is 15.8. The summed E-state index contributed by atoms with van der Waals surface area (Å²) in [5.41, 5.74) is 1.10. The fourth-order valence-electron chi connectivity index (χ4n) is 1.88. The van der Waals surface area contributed by atoms with Gasteiger partial charge in [0.05, 0.1) is 5.69 Å². The van der Waals surface area contributed by atoms with Crippen LogP contribution in [0.4, 0.5) is 5.69 Å². The molecule has 0 spiro atoms. The molecule has 1 aromatic rings. The van der Waals surface area contributed by atoms with Gasteiger partial charge in [-0.25, -0.2) is 0 Å². The molecule has 1 aliphatic rings. The van der Waals surface area contributed by atoms with Crippen molar-refractivity contribution in [1.82, 2.24) is 0 Å². The Hall–Kier alpha value is -0.960. The summed E-state index contributed by atoms with van der Waals surface area (Å²) in [5.74, 6) is 1.17. The van der Waals surface area contributed by atoms with Gasteiger partial charge in [0, 0.05) is 23.6 Å². The van der Waals surface area contributed by atoms with Crippen LogP contribution in [0.5, 0.6) is 0 Å². The molecule has 1 aliphatic heterocycles. The number of carbonyl (C=O) groups excluding carboxylic acids is 1. The summed E-state index contributed by atoms with van der Waals surface area (Å²) in [6, 6.07) is 8.22. The van der Waals surface area contributed by atoms with Crippen LogP contribution >= 0.6 is 11.8 Å². The highest BCUT2D eigenvalue weighted by Crippen LogP contribution is 2.33. The zero-order valence-corrected chi connectivity index (χ0v) is 10.4. The number of hydrogen-bond acceptors (Lipinski definition) is 2. The summed E-state index contributed by atoms with van der Waals surface area (Å²) in [6.07, 6.45) is 2.85. The molecule has 0 unspecified atom stereocenters. The molecule has 2 rings (SSSR count). The third-order valence-electron chi connectivity index (χ3n) is 2.77. The number of amides is 1. The number of carbonyl (C=O) groups is 1. The average Bonchev–Trinajstić information content (AvgIpc) is 2.46. The van der Waals surface area contributed by atoms with Gasteiger partial charge in [-0.3, -0.25) is 4.79 Å². The summed E-state index contributed by atoms with van der Waals surface area (Å²) >= 11 is 1.79. The topological polar surface area (TPSA) is 20.3 Å². The molecule has 0 N–H and O–H groups in total. The van der Waals surface area contributed by atoms with Crippen LogP contribution in [0.15, 0.2) is 29.2 Å². The Bertz CT molecular complexity index is 378. The molecule has 0 atom stereocenters. The van der Waals surface area contributed by atoms with Gasteiger partial charge in [0.1, 0.15) is 0 Å². The summed E-state index contributed by atoms with van der Waals surface area (Å²) in [4.78, 5) is 15.2. The Labute approximate surface area is 101 Å². The standard InChI is InChI=1S/C13H17NOS/c1-2-3-9-14-11-6-4-5-7-12(11)16-10-8-13(14)15/h4-7H,2-3,8-10H2,1H3. The van der Waals surface area contributed by atoms with Crippen LogP contribution in [-0.4, -0.2) is 18.2 Å². The molecule has 0 saturated heterocycles. The predicted octanol–water partition coefficient (Wildman–Crippen LogP) is 3.32. The minimum Gasteiger partial charge on any atom is -0.311 e. The zero-order valence-electron chi connectivity index (χ0n) is 9.61. The molecular formula is C13H17NOS. The van der Waals surface area contributed by atoms with E-state index in [-0.39, 0.29) is 5.91 Å². The molecule has 86 valence electrons. The van der Waals surface area contributed by atoms with E-state index >= 15 is 0 Å². The second-order valence-electron chi connectivity index (χ2n) is 3.97. The quantitative estimate of drug-likeness (QED) is 0.801. The van der Waals surface area contributed by atoms with E-state index in [4.69, 9.17) is 0 Å². The zero-order chi connectivity index (χ0) is 11.4. The van der Waals surface area contributed by atoms with Crippen molar-refractivity contribution in [2.45, 2.75) is 31.1 Å². The fourth-order valence-corrected chi connectivity index (χ4v) is 2.88. The lowest BCUT2D eigenvalue weighted by atomic mass is 10.2. The second-order valence-corrected chi connectivity index (χ2v) is 5.10. The SMILES string of the molecule is CCCCN1C(=O)CCSc2ccccc21. The highest BCUT2D eigenvalue weighted by atomic mass is 32.2. The van der Waals surface area contributed by atoms with Gasteiger partial charge in [-0.05, 0) is 18.6 Å². The molecule has 1 amide bonds. The van der Waals surface area contributed by atoms with Crippen molar-refractivity contribution < 1.29 is 4.79 Å². The highest BCUT2D eigenvalue weighted by Gasteiger charge is 2.21. The van der Waals surface area contributed by atoms with Gasteiger partial charge in [-0.2, -0.15) is 0 Å². The van der Waals surface area contributed by atoms with Crippen LogP contribution in [0.3, 0.4) is 0 Å². The first kappa shape index (κ1) is 11.5. The summed E-state index contributed by atoms with van der Waals surface area (Å²) in [6.45, 7) is 3.01. The molecule has 2 nitrogen and oxygen atoms in total. The van der Waals surface area contributed by atoms with Gasteiger partial charge < -0.3 is 4.90 Å². The third-order valence-corrected chi connectivity index (χ3v) is 3.83. The first-order valence-corrected chi connectivity index (χ1v) is 6.83. The van der Waals surface area contributed by atoms with Crippen LogP contribution in [-0.2, 0) is 4.79 Å². The number of para-hydroxylation sites is 1. The van der Waals surface area contributed by atoms with Crippen molar-refractivity contribution in [1.29, 1.82) is 0 Å². The first-order chi connectivity index (χ1) is 7.83. The maximum atomic E-state index is 12.0. The largest absolute Gasteiger partial charge is 0.311 e. The molecule has 16 heavy (non-hydrogen) atoms. The molecule has 0 aliphatic carbocycles. The van der Waals surface area contributed by atoms with E-state index in [9.17, 15) is 4.79 Å². The van der Waals surface area contributed by atoms with Crippen LogP contribution in [0.2, 0.25) is 0 Å². The van der Waals surface area contributed by atoms with Crippen LogP contribution in [0.1, 0.15) is 26.2 Å². The summed E-state index contributed by atoms with van der Waals surface area (Å²) in [5, 5.41) is 0. The molecule has 1 heterocycles. The molecule has 1 aromatic carbocycles. The number of rotatable bonds is 3. The number of benzene rings is 1. The fraction of sp³-hybridized carbons (Fsp3) is 0.462. The maximum absolute atomic E-state index is 12.0. The van der Waals surface area contributed by atoms with Crippen LogP contribution in [0, 0.1) is 0 Å². The highest BCUT2D eigenvalue weighted by molar-refractivity contribution is 7.99. The molecule has 0 radical (unpaired) electrons. The Kier molecular flexibility index (Phi) is 3.88. The van der Waals surface area contributed by atoms with Crippen molar-refractivity contribution in [3.8, 4) is 0 Å². The van der Waals surface area contributed by atoms with E-state index < -0.39 is 0 Å². The van der Waals surface area contributed by atoms with E-state index in [1.807, 2.05) is 17.0 Å². The third kappa shape index (κ3) is 2.40. The molecule has 0 bridgehead atoms. The number of unbranched alkanes of at least 4 members (excludes halogenated alkanes) is 1. The van der Waals surface area contributed by atoms with Crippen molar-refractivity contribution in [3.63, 3.8) is 0 Å². The van der Waals surface area contributed by atoms with Gasteiger partial charge in [0.2, 0.25) is 5.91 Å². The van der Waals surface area contributed by atoms with Gasteiger partial charge >= 0.3 is 0 Å². The second kappa shape index (κ2) is 5.39. The lowest BCUT2D eigenvalue weighted by molar-refractivity contribution is -0.118. The van der Waals surface area contributed by atoms with Gasteiger partial charge in [0.25, 0.3) is 0 Å². The molecule has 3 heteroatoms. The van der Waals surface area contributed by atoms with Gasteiger partial charge in [0.15, 0.2) is 0 Å². The van der Waals surface area contributed by atoms with Crippen molar-refractivity contribution in [2.75, 3.05) is 17.2 Å². The Morgan fingerprint density at radius 2 is 2.19 bits per heavy atom. The number of thioether (sulfide) groups is 1. The maximum Gasteiger partial charge on any atom is 0.227 e. The number of anilines is 1. The number of nitrogens with zero attached hydrogens (tertiary/aromatic N) is 1. The Morgan fingerprint density at radius 1 is 1.38 bits per heavy atom.